The van der Waals surface area contributed by atoms with Crippen LogP contribution in [0.3, 0.4) is 0 Å². The Morgan fingerprint density at radius 3 is 2.32 bits per heavy atom. The molecule has 0 bridgehead atoms. The summed E-state index contributed by atoms with van der Waals surface area (Å²) in [5, 5.41) is 3.03. The molecule has 0 unspecified atom stereocenters. The molecule has 4 nitrogen and oxygen atoms in total. The van der Waals surface area contributed by atoms with Crippen molar-refractivity contribution in [3.63, 3.8) is 0 Å². The van der Waals surface area contributed by atoms with Crippen LogP contribution in [0.25, 0.3) is 0 Å². The van der Waals surface area contributed by atoms with Gasteiger partial charge >= 0.3 is 0 Å². The van der Waals surface area contributed by atoms with E-state index in [0.29, 0.717) is 6.54 Å². The number of carbonyl (C=O) groups excluding carboxylic acids is 1. The topological polar surface area (TPSA) is 35.6 Å². The van der Waals surface area contributed by atoms with Gasteiger partial charge in [0.25, 0.3) is 0 Å². The summed E-state index contributed by atoms with van der Waals surface area (Å²) in [5.41, 5.74) is 0. The van der Waals surface area contributed by atoms with Gasteiger partial charge in [0.15, 0.2) is 0 Å². The fraction of sp³-hybridized carbons (Fsp3) is 0.933. The lowest BCUT2D eigenvalue weighted by molar-refractivity contribution is -0.122. The highest BCUT2D eigenvalue weighted by Crippen LogP contribution is 2.05. The number of likely N-dealkylation sites (N-methyl/N-ethyl adjacent to an activating group) is 1. The second-order valence-electron chi connectivity index (χ2n) is 5.95. The van der Waals surface area contributed by atoms with Gasteiger partial charge in [-0.2, -0.15) is 0 Å². The summed E-state index contributed by atoms with van der Waals surface area (Å²) < 4.78 is 0. The largest absolute Gasteiger partial charge is 0.355 e. The summed E-state index contributed by atoms with van der Waals surface area (Å²) in [4.78, 5) is 16.5. The number of nitrogens with zero attached hydrogens (tertiary/aromatic N) is 2. The maximum absolute atomic E-state index is 11.8. The average molecular weight is 269 g/mol. The van der Waals surface area contributed by atoms with Crippen molar-refractivity contribution in [3.8, 4) is 0 Å². The van der Waals surface area contributed by atoms with Crippen LogP contribution in [0.15, 0.2) is 0 Å². The Hall–Kier alpha value is -0.610. The molecular formula is C15H31N3O. The van der Waals surface area contributed by atoms with Gasteiger partial charge in [-0.15, -0.1) is 0 Å². The zero-order valence-corrected chi connectivity index (χ0v) is 13.0. The predicted molar refractivity (Wildman–Crippen MR) is 80.3 cm³/mol. The van der Waals surface area contributed by atoms with E-state index in [1.54, 1.807) is 0 Å². The smallest absolute Gasteiger partial charge is 0.234 e. The lowest BCUT2D eigenvalue weighted by atomic mass is 10.1. The third-order valence-electron chi connectivity index (χ3n) is 3.81. The first-order valence-corrected chi connectivity index (χ1v) is 7.83. The first kappa shape index (κ1) is 16.4. The molecule has 0 spiro atoms. The SMILES string of the molecule is CCN1CCN(CC(=O)NCCCCC(C)C)CC1. The molecule has 1 rings (SSSR count). The summed E-state index contributed by atoms with van der Waals surface area (Å²) in [7, 11) is 0. The van der Waals surface area contributed by atoms with Crippen LogP contribution in [-0.2, 0) is 4.79 Å². The van der Waals surface area contributed by atoms with Crippen molar-refractivity contribution in [1.29, 1.82) is 0 Å². The zero-order chi connectivity index (χ0) is 14.1. The van der Waals surface area contributed by atoms with Crippen LogP contribution in [0.1, 0.15) is 40.0 Å². The van der Waals surface area contributed by atoms with Gasteiger partial charge in [0.05, 0.1) is 6.54 Å². The molecule has 1 N–H and O–H groups in total. The van der Waals surface area contributed by atoms with Crippen LogP contribution in [0.2, 0.25) is 0 Å². The molecule has 0 saturated carbocycles. The number of hydrogen-bond acceptors (Lipinski definition) is 3. The summed E-state index contributed by atoms with van der Waals surface area (Å²) in [6.07, 6.45) is 3.58. The first-order chi connectivity index (χ1) is 9.11. The summed E-state index contributed by atoms with van der Waals surface area (Å²) in [5.74, 6) is 0.958. The fourth-order valence-corrected chi connectivity index (χ4v) is 2.43. The Labute approximate surface area is 118 Å². The summed E-state index contributed by atoms with van der Waals surface area (Å²) >= 11 is 0. The van der Waals surface area contributed by atoms with Crippen molar-refractivity contribution in [2.45, 2.75) is 40.0 Å². The van der Waals surface area contributed by atoms with E-state index in [-0.39, 0.29) is 5.91 Å². The van der Waals surface area contributed by atoms with Crippen molar-refractivity contribution < 1.29 is 4.79 Å². The van der Waals surface area contributed by atoms with Crippen molar-refractivity contribution in [2.24, 2.45) is 5.92 Å². The monoisotopic (exact) mass is 269 g/mol. The summed E-state index contributed by atoms with van der Waals surface area (Å²) in [6, 6.07) is 0. The number of hydrogen-bond donors (Lipinski definition) is 1. The van der Waals surface area contributed by atoms with E-state index >= 15 is 0 Å². The Morgan fingerprint density at radius 2 is 1.74 bits per heavy atom. The molecule has 4 heteroatoms. The van der Waals surface area contributed by atoms with Gasteiger partial charge in [0.2, 0.25) is 5.91 Å². The number of nitrogens with one attached hydrogen (secondary N) is 1. The molecule has 0 aliphatic carbocycles. The fourth-order valence-electron chi connectivity index (χ4n) is 2.43. The number of carbonyl (C=O) groups is 1. The van der Waals surface area contributed by atoms with E-state index in [1.807, 2.05) is 0 Å². The highest BCUT2D eigenvalue weighted by molar-refractivity contribution is 5.77. The Balaban J connectivity index is 2.02. The molecule has 0 aromatic carbocycles. The molecule has 19 heavy (non-hydrogen) atoms. The lowest BCUT2D eigenvalue weighted by Crippen LogP contribution is -2.49. The minimum absolute atomic E-state index is 0.189. The van der Waals surface area contributed by atoms with Crippen molar-refractivity contribution in [2.75, 3.05) is 45.8 Å². The molecule has 0 aromatic rings. The molecule has 1 saturated heterocycles. The van der Waals surface area contributed by atoms with Crippen molar-refractivity contribution in [3.05, 3.63) is 0 Å². The second kappa shape index (κ2) is 9.32. The molecule has 112 valence electrons. The number of amides is 1. The Bertz CT molecular complexity index is 248. The van der Waals surface area contributed by atoms with Crippen LogP contribution in [0.4, 0.5) is 0 Å². The van der Waals surface area contributed by atoms with Crippen molar-refractivity contribution in [1.82, 2.24) is 15.1 Å². The zero-order valence-electron chi connectivity index (χ0n) is 13.0. The highest BCUT2D eigenvalue weighted by Gasteiger charge is 2.17. The maximum atomic E-state index is 11.8. The van der Waals surface area contributed by atoms with Crippen LogP contribution in [-0.4, -0.2) is 61.5 Å². The van der Waals surface area contributed by atoms with Gasteiger partial charge in [-0.05, 0) is 18.9 Å². The molecule has 1 amide bonds. The molecule has 1 fully saturated rings. The maximum Gasteiger partial charge on any atom is 0.234 e. The lowest BCUT2D eigenvalue weighted by Gasteiger charge is -2.33. The Morgan fingerprint density at radius 1 is 1.11 bits per heavy atom. The normalized spacial score (nSPS) is 17.9. The molecule has 0 atom stereocenters. The van der Waals surface area contributed by atoms with Gasteiger partial charge < -0.3 is 10.2 Å². The third-order valence-corrected chi connectivity index (χ3v) is 3.81. The van der Waals surface area contributed by atoms with Crippen LogP contribution < -0.4 is 5.32 Å². The van der Waals surface area contributed by atoms with E-state index in [2.05, 4.69) is 35.9 Å². The highest BCUT2D eigenvalue weighted by atomic mass is 16.2. The van der Waals surface area contributed by atoms with Crippen LogP contribution in [0.5, 0.6) is 0 Å². The molecular weight excluding hydrogens is 238 g/mol. The van der Waals surface area contributed by atoms with E-state index in [4.69, 9.17) is 0 Å². The standard InChI is InChI=1S/C15H31N3O/c1-4-17-9-11-18(12-10-17)13-15(19)16-8-6-5-7-14(2)3/h14H,4-13H2,1-3H3,(H,16,19). The van der Waals surface area contributed by atoms with Gasteiger partial charge in [-0.25, -0.2) is 0 Å². The third kappa shape index (κ3) is 7.53. The number of rotatable bonds is 8. The van der Waals surface area contributed by atoms with E-state index in [9.17, 15) is 4.79 Å². The van der Waals surface area contributed by atoms with Crippen LogP contribution >= 0.6 is 0 Å². The van der Waals surface area contributed by atoms with E-state index < -0.39 is 0 Å². The van der Waals surface area contributed by atoms with E-state index in [1.165, 1.54) is 12.8 Å². The quantitative estimate of drug-likeness (QED) is 0.679. The van der Waals surface area contributed by atoms with E-state index in [0.717, 1.165) is 51.6 Å². The number of unbranched alkanes of at least 4 members (excludes halogenated alkanes) is 1. The molecule has 1 aliphatic heterocycles. The predicted octanol–water partition coefficient (Wildman–Crippen LogP) is 1.57. The summed E-state index contributed by atoms with van der Waals surface area (Å²) in [6.45, 7) is 13.4. The molecule has 0 aromatic heterocycles. The van der Waals surface area contributed by atoms with Gasteiger partial charge in [0, 0.05) is 32.7 Å². The number of piperazine rings is 1. The van der Waals surface area contributed by atoms with Gasteiger partial charge in [-0.1, -0.05) is 33.6 Å². The second-order valence-corrected chi connectivity index (χ2v) is 5.95. The van der Waals surface area contributed by atoms with Crippen molar-refractivity contribution >= 4 is 5.91 Å². The molecule has 1 heterocycles. The minimum Gasteiger partial charge on any atom is -0.355 e. The Kier molecular flexibility index (Phi) is 8.07. The minimum atomic E-state index is 0.189. The molecule has 0 radical (unpaired) electrons. The van der Waals surface area contributed by atoms with Gasteiger partial charge in [-0.3, -0.25) is 9.69 Å². The first-order valence-electron chi connectivity index (χ1n) is 7.83. The molecule has 1 aliphatic rings. The van der Waals surface area contributed by atoms with Gasteiger partial charge in [0.1, 0.15) is 0 Å². The van der Waals surface area contributed by atoms with Crippen LogP contribution in [0, 0.1) is 5.92 Å². The average Bonchev–Trinajstić information content (AvgIpc) is 2.39.